The molecule has 0 radical (unpaired) electrons. The Kier molecular flexibility index (Phi) is 5.35. The van der Waals surface area contributed by atoms with Crippen molar-refractivity contribution in [3.05, 3.63) is 34.9 Å². The molecule has 3 saturated heterocycles. The summed E-state index contributed by atoms with van der Waals surface area (Å²) in [6, 6.07) is 4.40. The van der Waals surface area contributed by atoms with Gasteiger partial charge in [-0.05, 0) is 61.9 Å². The third kappa shape index (κ3) is 3.64. The van der Waals surface area contributed by atoms with E-state index in [-0.39, 0.29) is 30.3 Å². The maximum absolute atomic E-state index is 13.0. The fourth-order valence-corrected chi connectivity index (χ4v) is 5.46. The Labute approximate surface area is 186 Å². The molecule has 9 nitrogen and oxygen atoms in total. The van der Waals surface area contributed by atoms with E-state index in [4.69, 9.17) is 10.5 Å². The molecule has 2 atom stereocenters. The largest absolute Gasteiger partial charge is 0.376 e. The standard InChI is InChI=1S/C23H28N4O5/c24-11-15-10-23(13-32-15)5-7-26(8-6-23)12-14-1-2-16-17(9-14)22(31)27(21(16)30)18-3-4-19(28)25-20(18)29/h1-2,9,15,18H,3-8,10-13,24H2,(H,25,28,29). The van der Waals surface area contributed by atoms with E-state index in [2.05, 4.69) is 10.2 Å². The van der Waals surface area contributed by atoms with E-state index < -0.39 is 23.8 Å². The van der Waals surface area contributed by atoms with Crippen molar-refractivity contribution < 1.29 is 23.9 Å². The van der Waals surface area contributed by atoms with Gasteiger partial charge in [-0.3, -0.25) is 34.3 Å². The summed E-state index contributed by atoms with van der Waals surface area (Å²) in [4.78, 5) is 52.9. The molecule has 3 N–H and O–H groups in total. The number of ether oxygens (including phenoxy) is 1. The average molecular weight is 441 g/mol. The lowest BCUT2D eigenvalue weighted by Crippen LogP contribution is -2.54. The van der Waals surface area contributed by atoms with Crippen molar-refractivity contribution in [1.29, 1.82) is 0 Å². The molecule has 3 fully saturated rings. The van der Waals surface area contributed by atoms with Crippen molar-refractivity contribution in [3.8, 4) is 0 Å². The molecular weight excluding hydrogens is 412 g/mol. The van der Waals surface area contributed by atoms with Crippen LogP contribution >= 0.6 is 0 Å². The topological polar surface area (TPSA) is 122 Å². The van der Waals surface area contributed by atoms with Crippen LogP contribution in [0.4, 0.5) is 0 Å². The quantitative estimate of drug-likeness (QED) is 0.651. The summed E-state index contributed by atoms with van der Waals surface area (Å²) < 4.78 is 5.83. The van der Waals surface area contributed by atoms with E-state index in [1.54, 1.807) is 12.1 Å². The minimum atomic E-state index is -0.937. The molecule has 4 aliphatic heterocycles. The number of nitrogens with two attached hydrogens (primary N) is 1. The van der Waals surface area contributed by atoms with Gasteiger partial charge in [-0.15, -0.1) is 0 Å². The zero-order valence-electron chi connectivity index (χ0n) is 18.0. The average Bonchev–Trinajstić information content (AvgIpc) is 3.29. The van der Waals surface area contributed by atoms with Crippen molar-refractivity contribution >= 4 is 23.6 Å². The molecule has 2 unspecified atom stereocenters. The molecule has 4 heterocycles. The summed E-state index contributed by atoms with van der Waals surface area (Å²) in [5.74, 6) is -1.90. The molecular formula is C23H28N4O5. The number of nitrogens with one attached hydrogen (secondary N) is 1. The zero-order valence-corrected chi connectivity index (χ0v) is 18.0. The summed E-state index contributed by atoms with van der Waals surface area (Å²) in [6.45, 7) is 3.96. The van der Waals surface area contributed by atoms with E-state index in [0.29, 0.717) is 24.2 Å². The lowest BCUT2D eigenvalue weighted by atomic mass is 9.76. The van der Waals surface area contributed by atoms with Gasteiger partial charge in [0.15, 0.2) is 0 Å². The van der Waals surface area contributed by atoms with Crippen LogP contribution in [0.3, 0.4) is 0 Å². The van der Waals surface area contributed by atoms with Gasteiger partial charge >= 0.3 is 0 Å². The number of piperidine rings is 2. The molecule has 0 aromatic heterocycles. The molecule has 1 spiro atoms. The van der Waals surface area contributed by atoms with Crippen LogP contribution < -0.4 is 11.1 Å². The second kappa shape index (κ2) is 8.06. The van der Waals surface area contributed by atoms with Crippen LogP contribution in [0.5, 0.6) is 0 Å². The fourth-order valence-electron chi connectivity index (χ4n) is 5.46. The van der Waals surface area contributed by atoms with Crippen LogP contribution in [-0.2, 0) is 20.9 Å². The monoisotopic (exact) mass is 440 g/mol. The highest BCUT2D eigenvalue weighted by Gasteiger charge is 2.45. The third-order valence-electron chi connectivity index (χ3n) is 7.38. The predicted octanol–water partition coefficient (Wildman–Crippen LogP) is 0.418. The highest BCUT2D eigenvalue weighted by atomic mass is 16.5. The van der Waals surface area contributed by atoms with E-state index in [9.17, 15) is 19.2 Å². The molecule has 9 heteroatoms. The van der Waals surface area contributed by atoms with Gasteiger partial charge in [0.1, 0.15) is 6.04 Å². The van der Waals surface area contributed by atoms with Crippen molar-refractivity contribution in [1.82, 2.24) is 15.1 Å². The number of benzene rings is 1. The van der Waals surface area contributed by atoms with Gasteiger partial charge in [0.05, 0.1) is 23.8 Å². The first-order chi connectivity index (χ1) is 15.4. The molecule has 4 amide bonds. The Morgan fingerprint density at radius 1 is 1.09 bits per heavy atom. The van der Waals surface area contributed by atoms with Gasteiger partial charge in [-0.2, -0.15) is 0 Å². The first-order valence-corrected chi connectivity index (χ1v) is 11.3. The number of carbonyl (C=O) groups is 4. The van der Waals surface area contributed by atoms with Crippen LogP contribution in [-0.4, -0.2) is 71.8 Å². The molecule has 1 aromatic rings. The number of hydrogen-bond donors (Lipinski definition) is 2. The molecule has 1 aromatic carbocycles. The number of carbonyl (C=O) groups excluding carboxylic acids is 4. The van der Waals surface area contributed by atoms with Crippen molar-refractivity contribution in [2.75, 3.05) is 26.2 Å². The Morgan fingerprint density at radius 2 is 1.84 bits per heavy atom. The van der Waals surface area contributed by atoms with Crippen LogP contribution in [0.25, 0.3) is 0 Å². The molecule has 170 valence electrons. The molecule has 5 rings (SSSR count). The Balaban J connectivity index is 1.25. The smallest absolute Gasteiger partial charge is 0.262 e. The third-order valence-corrected chi connectivity index (χ3v) is 7.38. The lowest BCUT2D eigenvalue weighted by Gasteiger charge is -2.38. The van der Waals surface area contributed by atoms with Gasteiger partial charge in [-0.25, -0.2) is 0 Å². The maximum atomic E-state index is 13.0. The van der Waals surface area contributed by atoms with E-state index in [1.165, 1.54) is 0 Å². The second-order valence-electron chi connectivity index (χ2n) is 9.48. The highest BCUT2D eigenvalue weighted by Crippen LogP contribution is 2.42. The number of likely N-dealkylation sites (tertiary alicyclic amines) is 1. The normalized spacial score (nSPS) is 27.8. The van der Waals surface area contributed by atoms with Gasteiger partial charge in [-0.1, -0.05) is 6.07 Å². The van der Waals surface area contributed by atoms with Gasteiger partial charge < -0.3 is 10.5 Å². The number of amides is 4. The lowest BCUT2D eigenvalue weighted by molar-refractivity contribution is -0.136. The first kappa shape index (κ1) is 21.2. The summed E-state index contributed by atoms with van der Waals surface area (Å²) in [5, 5.41) is 2.22. The van der Waals surface area contributed by atoms with E-state index in [1.807, 2.05) is 6.07 Å². The molecule has 4 aliphatic rings. The predicted molar refractivity (Wildman–Crippen MR) is 113 cm³/mol. The number of fused-ring (bicyclic) bond motifs is 1. The van der Waals surface area contributed by atoms with Crippen LogP contribution in [0.1, 0.15) is 58.4 Å². The maximum Gasteiger partial charge on any atom is 0.262 e. The SMILES string of the molecule is NCC1CC2(CCN(Cc3ccc4c(c3)C(=O)N(C3CCC(=O)NC3=O)C4=O)CC2)CO1. The number of hydrogen-bond acceptors (Lipinski definition) is 7. The molecule has 0 saturated carbocycles. The highest BCUT2D eigenvalue weighted by molar-refractivity contribution is 6.23. The van der Waals surface area contributed by atoms with E-state index >= 15 is 0 Å². The number of imide groups is 2. The van der Waals surface area contributed by atoms with Gasteiger partial charge in [0.2, 0.25) is 11.8 Å². The van der Waals surface area contributed by atoms with E-state index in [0.717, 1.165) is 49.4 Å². The zero-order chi connectivity index (χ0) is 22.5. The fraction of sp³-hybridized carbons (Fsp3) is 0.565. The molecule has 0 aliphatic carbocycles. The Bertz CT molecular complexity index is 985. The summed E-state index contributed by atoms with van der Waals surface area (Å²) in [5.41, 5.74) is 7.62. The van der Waals surface area contributed by atoms with Crippen LogP contribution in [0.2, 0.25) is 0 Å². The Morgan fingerprint density at radius 3 is 2.53 bits per heavy atom. The van der Waals surface area contributed by atoms with Crippen molar-refractivity contribution in [2.24, 2.45) is 11.1 Å². The minimum absolute atomic E-state index is 0.114. The van der Waals surface area contributed by atoms with Crippen molar-refractivity contribution in [3.63, 3.8) is 0 Å². The second-order valence-corrected chi connectivity index (χ2v) is 9.48. The van der Waals surface area contributed by atoms with Crippen LogP contribution in [0.15, 0.2) is 18.2 Å². The number of rotatable bonds is 4. The molecule has 32 heavy (non-hydrogen) atoms. The van der Waals surface area contributed by atoms with Crippen LogP contribution in [0, 0.1) is 5.41 Å². The van der Waals surface area contributed by atoms with Crippen molar-refractivity contribution in [2.45, 2.75) is 50.8 Å². The summed E-state index contributed by atoms with van der Waals surface area (Å²) in [6.07, 6.45) is 3.61. The number of nitrogens with zero attached hydrogens (tertiary/aromatic N) is 2. The minimum Gasteiger partial charge on any atom is -0.376 e. The summed E-state index contributed by atoms with van der Waals surface area (Å²) in [7, 11) is 0. The van der Waals surface area contributed by atoms with Gasteiger partial charge in [0.25, 0.3) is 11.8 Å². The molecule has 0 bridgehead atoms. The first-order valence-electron chi connectivity index (χ1n) is 11.3. The summed E-state index contributed by atoms with van der Waals surface area (Å²) >= 11 is 0. The van der Waals surface area contributed by atoms with Gasteiger partial charge in [0, 0.05) is 19.5 Å². The Hall–Kier alpha value is -2.62.